The van der Waals surface area contributed by atoms with E-state index in [1.165, 1.54) is 0 Å². The lowest BCUT2D eigenvalue weighted by molar-refractivity contribution is -0.122. The van der Waals surface area contributed by atoms with E-state index in [0.717, 1.165) is 23.1 Å². The van der Waals surface area contributed by atoms with Crippen LogP contribution < -0.4 is 4.90 Å². The molecule has 0 aromatic heterocycles. The molecular weight excluding hydrogens is 318 g/mol. The minimum absolute atomic E-state index is 0.0152. The van der Waals surface area contributed by atoms with Crippen LogP contribution in [0.2, 0.25) is 0 Å². The Bertz CT molecular complexity index is 523. The molecule has 1 aromatic carbocycles. The van der Waals surface area contributed by atoms with E-state index in [0.29, 0.717) is 0 Å². The average molecular weight is 336 g/mol. The molecule has 1 aliphatic rings. The van der Waals surface area contributed by atoms with Gasteiger partial charge in [0.15, 0.2) is 0 Å². The summed E-state index contributed by atoms with van der Waals surface area (Å²) in [5, 5.41) is 8.95. The number of anilines is 1. The number of hydrogen-bond donors (Lipinski definition) is 0. The molecule has 0 spiro atoms. The van der Waals surface area contributed by atoms with Crippen molar-refractivity contribution >= 4 is 27.5 Å². The molecule has 20 heavy (non-hydrogen) atoms. The van der Waals surface area contributed by atoms with Gasteiger partial charge in [0.2, 0.25) is 5.91 Å². The number of amides is 1. The van der Waals surface area contributed by atoms with Gasteiger partial charge in [-0.15, -0.1) is 0 Å². The molecule has 2 rings (SSSR count). The van der Waals surface area contributed by atoms with Crippen molar-refractivity contribution in [3.05, 3.63) is 28.7 Å². The lowest BCUT2D eigenvalue weighted by Crippen LogP contribution is -2.46. The molecule has 0 radical (unpaired) electrons. The Kier molecular flexibility index (Phi) is 4.79. The number of benzene rings is 1. The molecule has 1 aromatic rings. The van der Waals surface area contributed by atoms with Crippen LogP contribution in [0.25, 0.3) is 0 Å². The number of nitrogens with zero attached hydrogens (tertiary/aromatic N) is 3. The normalized spacial score (nSPS) is 24.3. The summed E-state index contributed by atoms with van der Waals surface area (Å²) in [6, 6.07) is 9.65. The monoisotopic (exact) mass is 335 g/mol. The van der Waals surface area contributed by atoms with Gasteiger partial charge in [0, 0.05) is 22.7 Å². The van der Waals surface area contributed by atoms with Crippen LogP contribution in [0, 0.1) is 11.3 Å². The summed E-state index contributed by atoms with van der Waals surface area (Å²) in [4.78, 5) is 16.6. The summed E-state index contributed by atoms with van der Waals surface area (Å²) in [6.45, 7) is 2.88. The molecule has 2 unspecified atom stereocenters. The molecule has 106 valence electrons. The van der Waals surface area contributed by atoms with Gasteiger partial charge < -0.3 is 4.90 Å². The molecule has 0 N–H and O–H groups in total. The molecule has 4 nitrogen and oxygen atoms in total. The molecule has 5 heteroatoms. The zero-order chi connectivity index (χ0) is 14.7. The second kappa shape index (κ2) is 6.38. The summed E-state index contributed by atoms with van der Waals surface area (Å²) < 4.78 is 0.988. The van der Waals surface area contributed by atoms with Gasteiger partial charge in [-0.1, -0.05) is 15.9 Å². The fourth-order valence-corrected chi connectivity index (χ4v) is 2.82. The number of nitriles is 1. The van der Waals surface area contributed by atoms with Crippen molar-refractivity contribution in [2.24, 2.45) is 0 Å². The van der Waals surface area contributed by atoms with E-state index < -0.39 is 0 Å². The second-order valence-corrected chi connectivity index (χ2v) is 6.10. The topological polar surface area (TPSA) is 47.3 Å². The van der Waals surface area contributed by atoms with Crippen LogP contribution in [0.5, 0.6) is 0 Å². The van der Waals surface area contributed by atoms with Crippen molar-refractivity contribution in [3.8, 4) is 6.07 Å². The Morgan fingerprint density at radius 3 is 2.65 bits per heavy atom. The summed E-state index contributed by atoms with van der Waals surface area (Å²) in [5.41, 5.74) is 0.893. The zero-order valence-corrected chi connectivity index (χ0v) is 13.3. The van der Waals surface area contributed by atoms with Crippen LogP contribution in [0.15, 0.2) is 28.7 Å². The van der Waals surface area contributed by atoms with Crippen LogP contribution in [0.4, 0.5) is 5.69 Å². The number of hydrogen-bond acceptors (Lipinski definition) is 3. The maximum atomic E-state index is 12.8. The highest BCUT2D eigenvalue weighted by molar-refractivity contribution is 9.10. The maximum Gasteiger partial charge on any atom is 0.245 e. The number of likely N-dealkylation sites (N-methyl/N-ethyl adjacent to an activating group) is 1. The highest BCUT2D eigenvalue weighted by Gasteiger charge is 2.34. The smallest absolute Gasteiger partial charge is 0.245 e. The minimum atomic E-state index is -0.353. The minimum Gasteiger partial charge on any atom is -0.308 e. The van der Waals surface area contributed by atoms with E-state index in [1.54, 1.807) is 0 Å². The summed E-state index contributed by atoms with van der Waals surface area (Å²) in [5.74, 6) is 0.0152. The first-order valence-corrected chi connectivity index (χ1v) is 7.49. The van der Waals surface area contributed by atoms with Gasteiger partial charge in [-0.25, -0.2) is 0 Å². The van der Waals surface area contributed by atoms with Crippen molar-refractivity contribution < 1.29 is 4.79 Å². The Hall–Kier alpha value is -1.38. The fraction of sp³-hybridized carbons (Fsp3) is 0.467. The third-order valence-electron chi connectivity index (χ3n) is 3.78. The van der Waals surface area contributed by atoms with Crippen LogP contribution in [-0.4, -0.2) is 36.5 Å². The number of carbonyl (C=O) groups excluding carboxylic acids is 1. The first-order valence-electron chi connectivity index (χ1n) is 6.70. The van der Waals surface area contributed by atoms with Crippen LogP contribution in [0.3, 0.4) is 0 Å². The van der Waals surface area contributed by atoms with Crippen molar-refractivity contribution in [3.63, 3.8) is 0 Å². The van der Waals surface area contributed by atoms with Crippen LogP contribution in [-0.2, 0) is 4.79 Å². The SMILES string of the molecule is CC1CCN(C)C(CC#N)C(=O)N1c1ccc(Br)cc1. The van der Waals surface area contributed by atoms with Gasteiger partial charge in [0.1, 0.15) is 6.04 Å². The van der Waals surface area contributed by atoms with E-state index in [1.807, 2.05) is 41.1 Å². The zero-order valence-electron chi connectivity index (χ0n) is 11.7. The summed E-state index contributed by atoms with van der Waals surface area (Å²) in [6.07, 6.45) is 1.13. The van der Waals surface area contributed by atoms with E-state index in [-0.39, 0.29) is 24.4 Å². The van der Waals surface area contributed by atoms with Crippen molar-refractivity contribution in [2.45, 2.75) is 31.8 Å². The number of carbonyl (C=O) groups is 1. The molecule has 1 saturated heterocycles. The van der Waals surface area contributed by atoms with E-state index in [9.17, 15) is 4.79 Å². The third kappa shape index (κ3) is 3.02. The van der Waals surface area contributed by atoms with Gasteiger partial charge in [0.05, 0.1) is 12.5 Å². The number of halogens is 1. The summed E-state index contributed by atoms with van der Waals surface area (Å²) >= 11 is 3.41. The Labute approximate surface area is 128 Å². The fourth-order valence-electron chi connectivity index (χ4n) is 2.55. The Balaban J connectivity index is 2.35. The molecule has 0 saturated carbocycles. The van der Waals surface area contributed by atoms with Crippen LogP contribution in [0.1, 0.15) is 19.8 Å². The van der Waals surface area contributed by atoms with Gasteiger partial charge in [-0.2, -0.15) is 5.26 Å². The third-order valence-corrected chi connectivity index (χ3v) is 4.31. The van der Waals surface area contributed by atoms with Gasteiger partial charge in [-0.3, -0.25) is 9.69 Å². The molecule has 0 aliphatic carbocycles. The van der Waals surface area contributed by atoms with Crippen molar-refractivity contribution in [2.75, 3.05) is 18.5 Å². The number of rotatable bonds is 2. The van der Waals surface area contributed by atoms with Crippen LogP contribution >= 0.6 is 15.9 Å². The Morgan fingerprint density at radius 1 is 1.40 bits per heavy atom. The predicted molar refractivity (Wildman–Crippen MR) is 82.4 cm³/mol. The van der Waals surface area contributed by atoms with Gasteiger partial charge in [-0.05, 0) is 44.7 Å². The molecule has 1 heterocycles. The maximum absolute atomic E-state index is 12.8. The largest absolute Gasteiger partial charge is 0.308 e. The van der Waals surface area contributed by atoms with Crippen molar-refractivity contribution in [1.82, 2.24) is 4.90 Å². The predicted octanol–water partition coefficient (Wildman–Crippen LogP) is 2.79. The average Bonchev–Trinajstić information content (AvgIpc) is 2.53. The first-order chi connectivity index (χ1) is 9.54. The van der Waals surface area contributed by atoms with Crippen molar-refractivity contribution in [1.29, 1.82) is 5.26 Å². The molecule has 0 bridgehead atoms. The first kappa shape index (κ1) is 15.0. The quantitative estimate of drug-likeness (QED) is 0.834. The van der Waals surface area contributed by atoms with E-state index in [2.05, 4.69) is 28.9 Å². The van der Waals surface area contributed by atoms with E-state index in [4.69, 9.17) is 5.26 Å². The highest BCUT2D eigenvalue weighted by atomic mass is 79.9. The lowest BCUT2D eigenvalue weighted by Gasteiger charge is -2.30. The van der Waals surface area contributed by atoms with Gasteiger partial charge >= 0.3 is 0 Å². The Morgan fingerprint density at radius 2 is 2.05 bits per heavy atom. The highest BCUT2D eigenvalue weighted by Crippen LogP contribution is 2.26. The standard InChI is InChI=1S/C15H18BrN3O/c1-11-8-10-18(2)14(7-9-17)15(20)19(11)13-5-3-12(16)4-6-13/h3-6,11,14H,7-8,10H2,1-2H3. The molecule has 1 aliphatic heterocycles. The van der Waals surface area contributed by atoms with E-state index >= 15 is 0 Å². The molecular formula is C15H18BrN3O. The molecule has 2 atom stereocenters. The van der Waals surface area contributed by atoms with Gasteiger partial charge in [0.25, 0.3) is 0 Å². The second-order valence-electron chi connectivity index (χ2n) is 5.18. The summed E-state index contributed by atoms with van der Waals surface area (Å²) in [7, 11) is 1.91. The molecule has 1 fully saturated rings. The molecule has 1 amide bonds. The lowest BCUT2D eigenvalue weighted by atomic mass is 10.1.